The Morgan fingerprint density at radius 2 is 1.67 bits per heavy atom. The van der Waals surface area contributed by atoms with E-state index < -0.39 is 13.9 Å². The summed E-state index contributed by atoms with van der Waals surface area (Å²) in [4.78, 5) is 27.2. The molecule has 0 radical (unpaired) electrons. The molecule has 1 aliphatic rings. The van der Waals surface area contributed by atoms with Gasteiger partial charge >= 0.3 is 6.09 Å². The fourth-order valence-electron chi connectivity index (χ4n) is 2.97. The number of ether oxygens (including phenoxy) is 1. The summed E-state index contributed by atoms with van der Waals surface area (Å²) in [5.41, 5.74) is 0.157. The Hall–Kier alpha value is -1.31. The SMILES string of the molecule is CC(C)(C)OC(=O)N1CCC(SC(=O)c2ccccc2)C(O[Si](C)(C)C(C)(C)C)C1. The Bertz CT molecular complexity index is 740. The second-order valence-corrected chi connectivity index (χ2v) is 16.4. The fourth-order valence-corrected chi connectivity index (χ4v) is 5.48. The molecule has 1 aliphatic heterocycles. The first-order valence-corrected chi connectivity index (χ1v) is 14.4. The summed E-state index contributed by atoms with van der Waals surface area (Å²) >= 11 is 1.34. The minimum absolute atomic E-state index is 0.00511. The van der Waals surface area contributed by atoms with Crippen LogP contribution in [-0.2, 0) is 9.16 Å². The highest BCUT2D eigenvalue weighted by atomic mass is 32.2. The highest BCUT2D eigenvalue weighted by Crippen LogP contribution is 2.40. The van der Waals surface area contributed by atoms with Crippen molar-refractivity contribution in [3.05, 3.63) is 35.9 Å². The molecular weight excluding hydrogens is 414 g/mol. The minimum Gasteiger partial charge on any atom is -0.444 e. The van der Waals surface area contributed by atoms with Crippen LogP contribution in [0.25, 0.3) is 0 Å². The number of likely N-dealkylation sites (tertiary alicyclic amines) is 1. The third-order valence-electron chi connectivity index (χ3n) is 5.67. The number of benzene rings is 1. The van der Waals surface area contributed by atoms with Crippen LogP contribution in [0.1, 0.15) is 58.3 Å². The normalized spacial score (nSPS) is 20.7. The van der Waals surface area contributed by atoms with Gasteiger partial charge in [-0.05, 0) is 45.3 Å². The number of thioether (sulfide) groups is 1. The molecule has 1 amide bonds. The highest BCUT2D eigenvalue weighted by Gasteiger charge is 2.44. The van der Waals surface area contributed by atoms with Crippen LogP contribution < -0.4 is 0 Å². The van der Waals surface area contributed by atoms with Gasteiger partial charge in [-0.3, -0.25) is 4.79 Å². The molecule has 5 nitrogen and oxygen atoms in total. The summed E-state index contributed by atoms with van der Waals surface area (Å²) in [5.74, 6) is 0. The number of hydrogen-bond acceptors (Lipinski definition) is 5. The summed E-state index contributed by atoms with van der Waals surface area (Å²) in [6.45, 7) is 17.6. The van der Waals surface area contributed by atoms with Crippen molar-refractivity contribution < 1.29 is 18.8 Å². The van der Waals surface area contributed by atoms with Gasteiger partial charge in [0, 0.05) is 17.4 Å². The van der Waals surface area contributed by atoms with Gasteiger partial charge in [0.1, 0.15) is 5.60 Å². The zero-order valence-corrected chi connectivity index (χ0v) is 21.5. The van der Waals surface area contributed by atoms with Gasteiger partial charge < -0.3 is 14.1 Å². The Labute approximate surface area is 187 Å². The molecule has 7 heteroatoms. The minimum atomic E-state index is -2.08. The molecule has 2 rings (SSSR count). The van der Waals surface area contributed by atoms with Crippen molar-refractivity contribution in [3.63, 3.8) is 0 Å². The number of piperidine rings is 1. The van der Waals surface area contributed by atoms with Crippen LogP contribution in [0.2, 0.25) is 18.1 Å². The van der Waals surface area contributed by atoms with Gasteiger partial charge in [-0.1, -0.05) is 62.9 Å². The van der Waals surface area contributed by atoms with E-state index in [0.29, 0.717) is 25.1 Å². The van der Waals surface area contributed by atoms with Crippen LogP contribution in [0.3, 0.4) is 0 Å². The molecule has 168 valence electrons. The first kappa shape index (κ1) is 25.0. The van der Waals surface area contributed by atoms with Gasteiger partial charge in [-0.25, -0.2) is 4.79 Å². The summed E-state index contributed by atoms with van der Waals surface area (Å²) < 4.78 is 12.3. The molecule has 1 saturated heterocycles. The summed E-state index contributed by atoms with van der Waals surface area (Å²) in [6, 6.07) is 9.35. The van der Waals surface area contributed by atoms with Crippen LogP contribution in [0, 0.1) is 0 Å². The Balaban J connectivity index is 2.19. The van der Waals surface area contributed by atoms with E-state index >= 15 is 0 Å². The van der Waals surface area contributed by atoms with Gasteiger partial charge in [0.25, 0.3) is 0 Å². The van der Waals surface area contributed by atoms with Crippen molar-refractivity contribution in [1.82, 2.24) is 4.90 Å². The molecule has 2 unspecified atom stereocenters. The molecule has 30 heavy (non-hydrogen) atoms. The molecule has 1 aromatic rings. The number of nitrogens with zero attached hydrogens (tertiary/aromatic N) is 1. The number of carbonyl (C=O) groups is 2. The molecule has 0 aliphatic carbocycles. The van der Waals surface area contributed by atoms with Gasteiger partial charge in [-0.2, -0.15) is 0 Å². The van der Waals surface area contributed by atoms with E-state index in [2.05, 4.69) is 33.9 Å². The van der Waals surface area contributed by atoms with Crippen LogP contribution in [0.5, 0.6) is 0 Å². The second-order valence-electron chi connectivity index (χ2n) is 10.4. The number of carbonyl (C=O) groups excluding carboxylic acids is 2. The predicted molar refractivity (Wildman–Crippen MR) is 127 cm³/mol. The Morgan fingerprint density at radius 3 is 2.20 bits per heavy atom. The largest absolute Gasteiger partial charge is 0.444 e. The lowest BCUT2D eigenvalue weighted by Crippen LogP contribution is -2.55. The lowest BCUT2D eigenvalue weighted by Gasteiger charge is -2.45. The quantitative estimate of drug-likeness (QED) is 0.529. The fraction of sp³-hybridized carbons (Fsp3) is 0.652. The van der Waals surface area contributed by atoms with E-state index in [9.17, 15) is 9.59 Å². The van der Waals surface area contributed by atoms with Crippen molar-refractivity contribution in [2.45, 2.75) is 83.1 Å². The van der Waals surface area contributed by atoms with Crippen LogP contribution in [0.4, 0.5) is 4.79 Å². The number of amides is 1. The first-order valence-electron chi connectivity index (χ1n) is 10.6. The van der Waals surface area contributed by atoms with Crippen molar-refractivity contribution in [3.8, 4) is 0 Å². The molecule has 1 aromatic carbocycles. The van der Waals surface area contributed by atoms with Crippen LogP contribution in [-0.4, -0.2) is 54.5 Å². The van der Waals surface area contributed by atoms with Crippen molar-refractivity contribution in [1.29, 1.82) is 0 Å². The third kappa shape index (κ3) is 6.85. The molecule has 1 fully saturated rings. The van der Waals surface area contributed by atoms with Crippen molar-refractivity contribution >= 4 is 31.3 Å². The van der Waals surface area contributed by atoms with E-state index in [-0.39, 0.29) is 27.6 Å². The van der Waals surface area contributed by atoms with E-state index in [0.717, 1.165) is 0 Å². The van der Waals surface area contributed by atoms with E-state index in [1.165, 1.54) is 11.8 Å². The molecule has 0 bridgehead atoms. The topological polar surface area (TPSA) is 55.8 Å². The Morgan fingerprint density at radius 1 is 1.07 bits per heavy atom. The third-order valence-corrected chi connectivity index (χ3v) is 11.5. The molecule has 0 spiro atoms. The maximum absolute atomic E-state index is 12.8. The monoisotopic (exact) mass is 451 g/mol. The first-order chi connectivity index (χ1) is 13.7. The standard InChI is InChI=1S/C23H37NO4SSi/c1-22(2,3)27-21(26)24-15-14-19(29-20(25)17-12-10-9-11-13-17)18(16-24)28-30(7,8)23(4,5)6/h9-13,18-19H,14-16H2,1-8H3. The van der Waals surface area contributed by atoms with Gasteiger partial charge in [-0.15, -0.1) is 0 Å². The molecule has 1 heterocycles. The lowest BCUT2D eigenvalue weighted by molar-refractivity contribution is 0.00726. The van der Waals surface area contributed by atoms with Gasteiger partial charge in [0.2, 0.25) is 5.12 Å². The van der Waals surface area contributed by atoms with E-state index in [1.807, 2.05) is 51.1 Å². The zero-order chi connectivity index (χ0) is 22.7. The summed E-state index contributed by atoms with van der Waals surface area (Å²) in [5, 5.41) is 0.0977. The molecule has 0 aromatic heterocycles. The molecule has 2 atom stereocenters. The van der Waals surface area contributed by atoms with Gasteiger partial charge in [0.05, 0.1) is 12.6 Å². The number of hydrogen-bond donors (Lipinski definition) is 0. The van der Waals surface area contributed by atoms with Crippen LogP contribution in [0.15, 0.2) is 30.3 Å². The van der Waals surface area contributed by atoms with E-state index in [1.54, 1.807) is 4.90 Å². The average Bonchev–Trinajstić information content (AvgIpc) is 2.61. The summed E-state index contributed by atoms with van der Waals surface area (Å²) in [7, 11) is -2.08. The smallest absolute Gasteiger partial charge is 0.410 e. The van der Waals surface area contributed by atoms with Crippen molar-refractivity contribution in [2.75, 3.05) is 13.1 Å². The van der Waals surface area contributed by atoms with E-state index in [4.69, 9.17) is 9.16 Å². The second kappa shape index (κ2) is 9.45. The predicted octanol–water partition coefficient (Wildman–Crippen LogP) is 5.96. The molecule has 0 saturated carbocycles. The van der Waals surface area contributed by atoms with Gasteiger partial charge in [0.15, 0.2) is 8.32 Å². The maximum atomic E-state index is 12.8. The molecular formula is C23H37NO4SSi. The summed E-state index contributed by atoms with van der Waals surface area (Å²) in [6.07, 6.45) is 0.177. The lowest BCUT2D eigenvalue weighted by atomic mass is 10.1. The average molecular weight is 452 g/mol. The number of rotatable bonds is 4. The maximum Gasteiger partial charge on any atom is 0.410 e. The van der Waals surface area contributed by atoms with Crippen molar-refractivity contribution in [2.24, 2.45) is 0 Å². The highest BCUT2D eigenvalue weighted by molar-refractivity contribution is 8.14. The Kier molecular flexibility index (Phi) is 7.86. The zero-order valence-electron chi connectivity index (χ0n) is 19.7. The molecule has 0 N–H and O–H groups in total. The van der Waals surface area contributed by atoms with Crippen LogP contribution >= 0.6 is 11.8 Å².